The SMILES string of the molecule is CCCNC(Cc1ccc(Br)s1)C(C)(C)N1CCCC1. The van der Waals surface area contributed by atoms with Crippen molar-refractivity contribution < 1.29 is 0 Å². The summed E-state index contributed by atoms with van der Waals surface area (Å²) < 4.78 is 1.24. The van der Waals surface area contributed by atoms with Crippen molar-refractivity contribution in [3.63, 3.8) is 0 Å². The van der Waals surface area contributed by atoms with Gasteiger partial charge >= 0.3 is 0 Å². The Kier molecular flexibility index (Phi) is 6.09. The molecule has 0 spiro atoms. The fourth-order valence-electron chi connectivity index (χ4n) is 3.07. The molecule has 1 aromatic rings. The van der Waals surface area contributed by atoms with Gasteiger partial charge in [-0.05, 0) is 87.2 Å². The first-order valence-corrected chi connectivity index (χ1v) is 9.37. The third-order valence-electron chi connectivity index (χ3n) is 4.45. The standard InChI is InChI=1S/C16H27BrN2S/c1-4-9-18-14(12-13-7-8-15(17)20-13)16(2,3)19-10-5-6-11-19/h7-8,14,18H,4-6,9-12H2,1-3H3. The Morgan fingerprint density at radius 1 is 1.35 bits per heavy atom. The number of likely N-dealkylation sites (tertiary alicyclic amines) is 1. The van der Waals surface area contributed by atoms with E-state index in [4.69, 9.17) is 0 Å². The third kappa shape index (κ3) is 4.06. The van der Waals surface area contributed by atoms with Crippen molar-refractivity contribution in [3.8, 4) is 0 Å². The number of nitrogens with zero attached hydrogens (tertiary/aromatic N) is 1. The van der Waals surface area contributed by atoms with E-state index in [-0.39, 0.29) is 5.54 Å². The molecule has 1 N–H and O–H groups in total. The van der Waals surface area contributed by atoms with Crippen LogP contribution in [0.3, 0.4) is 0 Å². The zero-order chi connectivity index (χ0) is 14.6. The summed E-state index contributed by atoms with van der Waals surface area (Å²) in [4.78, 5) is 4.14. The van der Waals surface area contributed by atoms with Gasteiger partial charge in [0.15, 0.2) is 0 Å². The van der Waals surface area contributed by atoms with Crippen molar-refractivity contribution in [1.29, 1.82) is 0 Å². The predicted molar refractivity (Wildman–Crippen MR) is 92.7 cm³/mol. The topological polar surface area (TPSA) is 15.3 Å². The maximum Gasteiger partial charge on any atom is 0.0701 e. The van der Waals surface area contributed by atoms with Gasteiger partial charge < -0.3 is 5.32 Å². The molecule has 0 aromatic carbocycles. The Hall–Kier alpha value is 0.1000. The van der Waals surface area contributed by atoms with Crippen LogP contribution in [0, 0.1) is 0 Å². The Bertz CT molecular complexity index is 410. The lowest BCUT2D eigenvalue weighted by molar-refractivity contribution is 0.107. The van der Waals surface area contributed by atoms with E-state index in [1.165, 1.54) is 41.0 Å². The van der Waals surface area contributed by atoms with E-state index < -0.39 is 0 Å². The smallest absolute Gasteiger partial charge is 0.0701 e. The molecule has 4 heteroatoms. The molecule has 0 radical (unpaired) electrons. The summed E-state index contributed by atoms with van der Waals surface area (Å²) in [5.74, 6) is 0. The van der Waals surface area contributed by atoms with Crippen LogP contribution < -0.4 is 5.32 Å². The maximum atomic E-state index is 3.79. The first-order chi connectivity index (χ1) is 9.54. The lowest BCUT2D eigenvalue weighted by atomic mass is 9.89. The van der Waals surface area contributed by atoms with Crippen LogP contribution in [0.15, 0.2) is 15.9 Å². The van der Waals surface area contributed by atoms with Gasteiger partial charge in [-0.1, -0.05) is 6.92 Å². The molecular formula is C16H27BrN2S. The molecule has 1 unspecified atom stereocenters. The lowest BCUT2D eigenvalue weighted by Gasteiger charge is -2.42. The molecule has 1 atom stereocenters. The number of hydrogen-bond acceptors (Lipinski definition) is 3. The van der Waals surface area contributed by atoms with Crippen molar-refractivity contribution >= 4 is 27.3 Å². The van der Waals surface area contributed by atoms with Gasteiger partial charge in [0.25, 0.3) is 0 Å². The summed E-state index contributed by atoms with van der Waals surface area (Å²) in [7, 11) is 0. The average molecular weight is 359 g/mol. The van der Waals surface area contributed by atoms with Crippen LogP contribution in [0.5, 0.6) is 0 Å². The minimum Gasteiger partial charge on any atom is -0.312 e. The van der Waals surface area contributed by atoms with Crippen molar-refractivity contribution in [2.24, 2.45) is 0 Å². The lowest BCUT2D eigenvalue weighted by Crippen LogP contribution is -2.57. The highest BCUT2D eigenvalue weighted by Crippen LogP contribution is 2.29. The molecule has 2 nitrogen and oxygen atoms in total. The first-order valence-electron chi connectivity index (χ1n) is 7.76. The molecular weight excluding hydrogens is 332 g/mol. The van der Waals surface area contributed by atoms with E-state index in [0.717, 1.165) is 13.0 Å². The summed E-state index contributed by atoms with van der Waals surface area (Å²) in [5.41, 5.74) is 0.224. The molecule has 0 amide bonds. The van der Waals surface area contributed by atoms with Crippen molar-refractivity contribution in [2.45, 2.75) is 58.0 Å². The van der Waals surface area contributed by atoms with Gasteiger partial charge in [0.2, 0.25) is 0 Å². The van der Waals surface area contributed by atoms with Crippen molar-refractivity contribution in [3.05, 3.63) is 20.8 Å². The first kappa shape index (κ1) is 16.5. The van der Waals surface area contributed by atoms with E-state index in [9.17, 15) is 0 Å². The molecule has 1 saturated heterocycles. The fraction of sp³-hybridized carbons (Fsp3) is 0.750. The van der Waals surface area contributed by atoms with Crippen LogP contribution in [0.2, 0.25) is 0 Å². The van der Waals surface area contributed by atoms with Gasteiger partial charge in [-0.25, -0.2) is 0 Å². The van der Waals surface area contributed by atoms with E-state index in [0.29, 0.717) is 6.04 Å². The van der Waals surface area contributed by atoms with Gasteiger partial charge in [0, 0.05) is 16.5 Å². The van der Waals surface area contributed by atoms with Gasteiger partial charge in [-0.2, -0.15) is 0 Å². The summed E-state index contributed by atoms with van der Waals surface area (Å²) in [5, 5.41) is 3.79. The Morgan fingerprint density at radius 2 is 2.05 bits per heavy atom. The van der Waals surface area contributed by atoms with Crippen LogP contribution in [0.25, 0.3) is 0 Å². The zero-order valence-electron chi connectivity index (χ0n) is 12.9. The molecule has 114 valence electrons. The molecule has 0 bridgehead atoms. The van der Waals surface area contributed by atoms with Gasteiger partial charge in [-0.15, -0.1) is 11.3 Å². The highest BCUT2D eigenvalue weighted by molar-refractivity contribution is 9.11. The van der Waals surface area contributed by atoms with E-state index in [1.54, 1.807) is 0 Å². The monoisotopic (exact) mass is 358 g/mol. The van der Waals surface area contributed by atoms with Crippen LogP contribution in [0.1, 0.15) is 44.9 Å². The van der Waals surface area contributed by atoms with Crippen LogP contribution >= 0.6 is 27.3 Å². The Labute approximate surface area is 136 Å². The maximum absolute atomic E-state index is 3.79. The Morgan fingerprint density at radius 3 is 2.60 bits per heavy atom. The highest BCUT2D eigenvalue weighted by Gasteiger charge is 2.36. The normalized spacial score (nSPS) is 18.6. The van der Waals surface area contributed by atoms with E-state index in [2.05, 4.69) is 59.1 Å². The van der Waals surface area contributed by atoms with Gasteiger partial charge in [-0.3, -0.25) is 4.90 Å². The second-order valence-corrected chi connectivity index (χ2v) is 8.81. The van der Waals surface area contributed by atoms with E-state index >= 15 is 0 Å². The fourth-order valence-corrected chi connectivity index (χ4v) is 4.60. The average Bonchev–Trinajstić information content (AvgIpc) is 3.05. The molecule has 2 rings (SSSR count). The second kappa shape index (κ2) is 7.39. The molecule has 1 fully saturated rings. The quantitative estimate of drug-likeness (QED) is 0.781. The zero-order valence-corrected chi connectivity index (χ0v) is 15.3. The molecule has 1 aliphatic rings. The molecule has 20 heavy (non-hydrogen) atoms. The molecule has 0 aliphatic carbocycles. The van der Waals surface area contributed by atoms with Gasteiger partial charge in [0.1, 0.15) is 0 Å². The largest absolute Gasteiger partial charge is 0.312 e. The van der Waals surface area contributed by atoms with Crippen LogP contribution in [-0.4, -0.2) is 36.1 Å². The highest BCUT2D eigenvalue weighted by atomic mass is 79.9. The summed E-state index contributed by atoms with van der Waals surface area (Å²) in [6.07, 6.45) is 5.03. The minimum atomic E-state index is 0.224. The number of halogens is 1. The van der Waals surface area contributed by atoms with Gasteiger partial charge in [0.05, 0.1) is 3.79 Å². The summed E-state index contributed by atoms with van der Waals surface area (Å²) in [6, 6.07) is 4.95. The number of rotatable bonds is 7. The van der Waals surface area contributed by atoms with Crippen LogP contribution in [0.4, 0.5) is 0 Å². The second-order valence-electron chi connectivity index (χ2n) is 6.26. The number of nitrogens with one attached hydrogen (secondary N) is 1. The number of thiophene rings is 1. The summed E-state index contributed by atoms with van der Waals surface area (Å²) in [6.45, 7) is 10.7. The number of hydrogen-bond donors (Lipinski definition) is 1. The molecule has 2 heterocycles. The van der Waals surface area contributed by atoms with E-state index in [1.807, 2.05) is 11.3 Å². The van der Waals surface area contributed by atoms with Crippen LogP contribution in [-0.2, 0) is 6.42 Å². The predicted octanol–water partition coefficient (Wildman–Crippen LogP) is 4.30. The molecule has 0 saturated carbocycles. The molecule has 1 aromatic heterocycles. The minimum absolute atomic E-state index is 0.224. The molecule has 1 aliphatic heterocycles. The Balaban J connectivity index is 2.08. The van der Waals surface area contributed by atoms with Crippen molar-refractivity contribution in [2.75, 3.05) is 19.6 Å². The van der Waals surface area contributed by atoms with Crippen molar-refractivity contribution in [1.82, 2.24) is 10.2 Å². The third-order valence-corrected chi connectivity index (χ3v) is 6.09. The summed E-state index contributed by atoms with van der Waals surface area (Å²) >= 11 is 5.45.